The molecule has 0 saturated carbocycles. The van der Waals surface area contributed by atoms with E-state index in [0.717, 1.165) is 0 Å². The number of rotatable bonds is 17. The average molecular weight is 582 g/mol. The summed E-state index contributed by atoms with van der Waals surface area (Å²) in [4.78, 5) is 96.1. The van der Waals surface area contributed by atoms with Gasteiger partial charge in [-0.05, 0) is 26.3 Å². The summed E-state index contributed by atoms with van der Waals surface area (Å²) in [5.74, 6) is -5.71. The van der Waals surface area contributed by atoms with Gasteiger partial charge in [0.2, 0.25) is 35.4 Å². The van der Waals surface area contributed by atoms with E-state index < -0.39 is 85.1 Å². The van der Waals surface area contributed by atoms with E-state index in [1.807, 2.05) is 0 Å². The summed E-state index contributed by atoms with van der Waals surface area (Å²) < 4.78 is 0. The minimum Gasteiger partial charge on any atom is -0.480 e. The Labute approximate surface area is 234 Å². The molecule has 3 atom stereocenters. The molecule has 0 fully saturated rings. The van der Waals surface area contributed by atoms with Gasteiger partial charge in [-0.15, -0.1) is 0 Å². The maximum Gasteiger partial charge on any atom is 0.325 e. The fourth-order valence-electron chi connectivity index (χ4n) is 2.95. The van der Waals surface area contributed by atoms with Crippen LogP contribution >= 0.6 is 0 Å². The fraction of sp³-hybridized carbons (Fsp3) is 0.478. The highest BCUT2D eigenvalue weighted by atomic mass is 16.4. The molecule has 1 aromatic rings. The van der Waals surface area contributed by atoms with Gasteiger partial charge in [0.15, 0.2) is 0 Å². The topological polar surface area (TPSA) is 297 Å². The van der Waals surface area contributed by atoms with Gasteiger partial charge < -0.3 is 53.5 Å². The Morgan fingerprint density at radius 2 is 1.41 bits per heavy atom. The zero-order valence-corrected chi connectivity index (χ0v) is 22.5. The molecule has 12 N–H and O–H groups in total. The molecule has 1 rings (SSSR count). The van der Waals surface area contributed by atoms with Crippen LogP contribution < -0.4 is 43.4 Å². The standard InChI is InChI=1S/C23H35N9O9/c1-11(31-19(36)10-30-22(39)15(24)3-4-16(25)33)20(37)28-7-14-5-13(6-26-14)21(38)29-8-17(34)27-9-18(35)32-12(2)23(40)41/h5-6,11-12,15,26H,3-4,7-10,24H2,1-2H3,(H2,25,33)(H,27,34)(H,28,37)(H,29,38)(H,30,39)(H,31,36)(H,32,35)(H,40,41)/t11-,12-,15-/m0/s1. The molecule has 0 unspecified atom stereocenters. The average Bonchev–Trinajstić information content (AvgIpc) is 3.39. The predicted octanol–water partition coefficient (Wildman–Crippen LogP) is -4.72. The molecule has 0 aliphatic carbocycles. The van der Waals surface area contributed by atoms with Crippen molar-refractivity contribution >= 4 is 47.3 Å². The number of nitrogens with two attached hydrogens (primary N) is 2. The van der Waals surface area contributed by atoms with E-state index in [4.69, 9.17) is 16.6 Å². The first kappa shape index (κ1) is 34.0. The number of amides is 7. The number of aliphatic carboxylic acids is 1. The third kappa shape index (κ3) is 13.6. The number of carbonyl (C=O) groups excluding carboxylic acids is 7. The Morgan fingerprint density at radius 1 is 0.829 bits per heavy atom. The van der Waals surface area contributed by atoms with Gasteiger partial charge in [-0.25, -0.2) is 0 Å². The number of carboxylic acids is 1. The van der Waals surface area contributed by atoms with Gasteiger partial charge in [0.1, 0.15) is 12.1 Å². The molecule has 1 aromatic heterocycles. The monoisotopic (exact) mass is 581 g/mol. The number of H-pyrrole nitrogens is 1. The molecule has 0 aromatic carbocycles. The number of carbonyl (C=O) groups is 8. The number of carboxylic acid groups (broad SMARTS) is 1. The molecule has 0 bridgehead atoms. The Morgan fingerprint density at radius 3 is 2.02 bits per heavy atom. The van der Waals surface area contributed by atoms with Crippen LogP contribution in [0, 0.1) is 0 Å². The summed E-state index contributed by atoms with van der Waals surface area (Å²) in [6.07, 6.45) is 1.29. The number of primary amides is 1. The van der Waals surface area contributed by atoms with Gasteiger partial charge >= 0.3 is 5.97 Å². The van der Waals surface area contributed by atoms with Crippen molar-refractivity contribution in [3.8, 4) is 0 Å². The van der Waals surface area contributed by atoms with Crippen molar-refractivity contribution < 1.29 is 43.5 Å². The van der Waals surface area contributed by atoms with Crippen LogP contribution in [0.4, 0.5) is 0 Å². The van der Waals surface area contributed by atoms with E-state index in [1.54, 1.807) is 0 Å². The van der Waals surface area contributed by atoms with Crippen LogP contribution in [0.5, 0.6) is 0 Å². The molecule has 41 heavy (non-hydrogen) atoms. The molecule has 18 nitrogen and oxygen atoms in total. The molecule has 7 amide bonds. The van der Waals surface area contributed by atoms with Crippen molar-refractivity contribution in [1.82, 2.24) is 36.9 Å². The largest absolute Gasteiger partial charge is 0.480 e. The van der Waals surface area contributed by atoms with Crippen molar-refractivity contribution in [3.63, 3.8) is 0 Å². The molecule has 0 saturated heterocycles. The smallest absolute Gasteiger partial charge is 0.325 e. The van der Waals surface area contributed by atoms with E-state index in [0.29, 0.717) is 5.69 Å². The molecular weight excluding hydrogens is 546 g/mol. The van der Waals surface area contributed by atoms with Crippen LogP contribution in [0.15, 0.2) is 12.3 Å². The van der Waals surface area contributed by atoms with Crippen LogP contribution in [0.25, 0.3) is 0 Å². The summed E-state index contributed by atoms with van der Waals surface area (Å²) in [7, 11) is 0. The summed E-state index contributed by atoms with van der Waals surface area (Å²) in [5, 5.41) is 22.7. The first-order chi connectivity index (χ1) is 19.2. The lowest BCUT2D eigenvalue weighted by Crippen LogP contribution is -2.49. The molecule has 0 spiro atoms. The minimum absolute atomic E-state index is 0.0240. The van der Waals surface area contributed by atoms with Crippen molar-refractivity contribution in [2.24, 2.45) is 11.5 Å². The van der Waals surface area contributed by atoms with Crippen molar-refractivity contribution in [3.05, 3.63) is 23.5 Å². The molecule has 1 heterocycles. The molecule has 226 valence electrons. The molecular formula is C23H35N9O9. The van der Waals surface area contributed by atoms with Gasteiger partial charge in [-0.1, -0.05) is 0 Å². The number of aromatic amines is 1. The van der Waals surface area contributed by atoms with E-state index in [9.17, 15) is 38.4 Å². The maximum atomic E-state index is 12.3. The number of aromatic nitrogens is 1. The second-order valence-corrected chi connectivity index (χ2v) is 8.84. The molecule has 0 aliphatic rings. The third-order valence-electron chi connectivity index (χ3n) is 5.29. The lowest BCUT2D eigenvalue weighted by Gasteiger charge is -2.15. The first-order valence-corrected chi connectivity index (χ1v) is 12.3. The third-order valence-corrected chi connectivity index (χ3v) is 5.29. The van der Waals surface area contributed by atoms with Gasteiger partial charge in [0.25, 0.3) is 5.91 Å². The van der Waals surface area contributed by atoms with Crippen LogP contribution in [0.2, 0.25) is 0 Å². The highest BCUT2D eigenvalue weighted by Gasteiger charge is 2.19. The predicted molar refractivity (Wildman–Crippen MR) is 140 cm³/mol. The summed E-state index contributed by atoms with van der Waals surface area (Å²) >= 11 is 0. The van der Waals surface area contributed by atoms with Gasteiger partial charge in [0, 0.05) is 18.3 Å². The van der Waals surface area contributed by atoms with Gasteiger partial charge in [-0.3, -0.25) is 38.4 Å². The lowest BCUT2D eigenvalue weighted by atomic mass is 10.1. The first-order valence-electron chi connectivity index (χ1n) is 12.3. The fourth-order valence-corrected chi connectivity index (χ4v) is 2.95. The highest BCUT2D eigenvalue weighted by Crippen LogP contribution is 2.03. The van der Waals surface area contributed by atoms with Crippen molar-refractivity contribution in [2.75, 3.05) is 19.6 Å². The van der Waals surface area contributed by atoms with Gasteiger partial charge in [-0.2, -0.15) is 0 Å². The molecule has 18 heteroatoms. The Balaban J connectivity index is 2.37. The number of hydrogen-bond donors (Lipinski definition) is 10. The van der Waals surface area contributed by atoms with Gasteiger partial charge in [0.05, 0.1) is 37.8 Å². The Kier molecular flexibility index (Phi) is 14.0. The summed E-state index contributed by atoms with van der Waals surface area (Å²) in [6, 6.07) is -1.68. The van der Waals surface area contributed by atoms with E-state index in [1.165, 1.54) is 26.1 Å². The number of nitrogens with one attached hydrogen (secondary N) is 7. The quantitative estimate of drug-likeness (QED) is 0.0838. The lowest BCUT2D eigenvalue weighted by molar-refractivity contribution is -0.141. The van der Waals surface area contributed by atoms with Crippen LogP contribution in [-0.4, -0.2) is 95.2 Å². The highest BCUT2D eigenvalue weighted by molar-refractivity contribution is 5.97. The number of hydrogen-bond acceptors (Lipinski definition) is 9. The van der Waals surface area contributed by atoms with E-state index >= 15 is 0 Å². The van der Waals surface area contributed by atoms with Crippen LogP contribution in [0.1, 0.15) is 42.7 Å². The van der Waals surface area contributed by atoms with E-state index in [2.05, 4.69) is 36.9 Å². The SMILES string of the molecule is C[C@H](NC(=O)CNC(=O)CNC(=O)c1c[nH]c(CNC(=O)[C@H](C)NC(=O)CNC(=O)[C@@H](N)CCC(N)=O)c1)C(=O)O. The molecule has 0 radical (unpaired) electrons. The van der Waals surface area contributed by atoms with Crippen LogP contribution in [0.3, 0.4) is 0 Å². The van der Waals surface area contributed by atoms with E-state index in [-0.39, 0.29) is 24.9 Å². The van der Waals surface area contributed by atoms with Crippen molar-refractivity contribution in [1.29, 1.82) is 0 Å². The normalized spacial score (nSPS) is 12.6. The Bertz CT molecular complexity index is 1150. The summed E-state index contributed by atoms with van der Waals surface area (Å²) in [5.41, 5.74) is 11.2. The van der Waals surface area contributed by atoms with Crippen molar-refractivity contribution in [2.45, 2.75) is 51.4 Å². The summed E-state index contributed by atoms with van der Waals surface area (Å²) in [6.45, 7) is 1.29. The second-order valence-electron chi connectivity index (χ2n) is 8.84. The zero-order chi connectivity index (χ0) is 31.1. The Hall–Kier alpha value is -5.00. The van der Waals surface area contributed by atoms with Crippen LogP contribution in [-0.2, 0) is 40.1 Å². The minimum atomic E-state index is -1.23. The zero-order valence-electron chi connectivity index (χ0n) is 22.5. The second kappa shape index (κ2) is 16.9. The molecule has 0 aliphatic heterocycles. The maximum absolute atomic E-state index is 12.3.